The normalized spacial score (nSPS) is 24.7. The summed E-state index contributed by atoms with van der Waals surface area (Å²) < 4.78 is 24.9. The number of rotatable bonds is 4. The van der Waals surface area contributed by atoms with E-state index in [4.69, 9.17) is 0 Å². The Morgan fingerprint density at radius 1 is 1.39 bits per heavy atom. The van der Waals surface area contributed by atoms with Crippen molar-refractivity contribution in [1.82, 2.24) is 24.7 Å². The number of H-pyrrole nitrogens is 1. The minimum Gasteiger partial charge on any atom is -0.337 e. The summed E-state index contributed by atoms with van der Waals surface area (Å²) >= 11 is 0. The van der Waals surface area contributed by atoms with E-state index in [0.29, 0.717) is 32.6 Å². The molecule has 0 aromatic carbocycles. The summed E-state index contributed by atoms with van der Waals surface area (Å²) in [7, 11) is -3.09. The molecule has 23 heavy (non-hydrogen) atoms. The van der Waals surface area contributed by atoms with E-state index in [9.17, 15) is 13.2 Å². The second kappa shape index (κ2) is 6.88. The maximum atomic E-state index is 12.3. The highest BCUT2D eigenvalue weighted by molar-refractivity contribution is 7.89. The smallest absolute Gasteiger partial charge is 0.317 e. The molecule has 2 aliphatic rings. The van der Waals surface area contributed by atoms with Crippen molar-refractivity contribution in [2.24, 2.45) is 0 Å². The lowest BCUT2D eigenvalue weighted by atomic mass is 9.95. The third-order valence-corrected chi connectivity index (χ3v) is 6.47. The number of likely N-dealkylation sites (tertiary alicyclic amines) is 1. The number of carbonyl (C=O) groups excluding carboxylic acids is 1. The summed E-state index contributed by atoms with van der Waals surface area (Å²) in [6, 6.07) is 1.83. The zero-order valence-corrected chi connectivity index (χ0v) is 13.9. The molecule has 2 fully saturated rings. The lowest BCUT2D eigenvalue weighted by molar-refractivity contribution is 0.178. The molecule has 1 aromatic heterocycles. The van der Waals surface area contributed by atoms with Crippen molar-refractivity contribution in [2.45, 2.75) is 25.2 Å². The minimum atomic E-state index is -3.09. The van der Waals surface area contributed by atoms with Crippen LogP contribution in [0.15, 0.2) is 12.3 Å². The summed E-state index contributed by atoms with van der Waals surface area (Å²) in [6.45, 7) is 2.66. The zero-order chi connectivity index (χ0) is 16.3. The highest BCUT2D eigenvalue weighted by Crippen LogP contribution is 2.25. The number of aromatic nitrogens is 2. The van der Waals surface area contributed by atoms with Crippen LogP contribution in [0.5, 0.6) is 0 Å². The van der Waals surface area contributed by atoms with Crippen molar-refractivity contribution < 1.29 is 13.2 Å². The molecule has 2 aliphatic heterocycles. The Morgan fingerprint density at radius 3 is 2.96 bits per heavy atom. The number of aromatic amines is 1. The predicted octanol–water partition coefficient (Wildman–Crippen LogP) is 0.334. The average molecular weight is 341 g/mol. The van der Waals surface area contributed by atoms with Crippen molar-refractivity contribution >= 4 is 16.1 Å². The van der Waals surface area contributed by atoms with Crippen molar-refractivity contribution in [1.29, 1.82) is 0 Å². The number of nitrogens with one attached hydrogen (secondary N) is 2. The van der Waals surface area contributed by atoms with Gasteiger partial charge in [-0.25, -0.2) is 17.5 Å². The number of nitrogens with zero attached hydrogens (tertiary/aromatic N) is 3. The van der Waals surface area contributed by atoms with Crippen molar-refractivity contribution in [2.75, 3.05) is 38.5 Å². The van der Waals surface area contributed by atoms with Gasteiger partial charge in [-0.3, -0.25) is 5.10 Å². The van der Waals surface area contributed by atoms with Crippen LogP contribution in [0.25, 0.3) is 0 Å². The molecule has 8 nitrogen and oxygen atoms in total. The Kier molecular flexibility index (Phi) is 4.86. The number of sulfonamides is 1. The van der Waals surface area contributed by atoms with Gasteiger partial charge in [0.1, 0.15) is 0 Å². The second-order valence-electron chi connectivity index (χ2n) is 6.10. The third kappa shape index (κ3) is 3.84. The van der Waals surface area contributed by atoms with Crippen LogP contribution in [0, 0.1) is 0 Å². The Morgan fingerprint density at radius 2 is 2.26 bits per heavy atom. The van der Waals surface area contributed by atoms with Gasteiger partial charge < -0.3 is 10.2 Å². The fourth-order valence-corrected chi connectivity index (χ4v) is 4.78. The van der Waals surface area contributed by atoms with Crippen LogP contribution in [0.1, 0.15) is 30.9 Å². The zero-order valence-electron chi connectivity index (χ0n) is 13.1. The first-order valence-electron chi connectivity index (χ1n) is 8.06. The van der Waals surface area contributed by atoms with E-state index in [0.717, 1.165) is 25.1 Å². The summed E-state index contributed by atoms with van der Waals surface area (Å²) in [5, 5.41) is 9.78. The highest BCUT2D eigenvalue weighted by atomic mass is 32.2. The first kappa shape index (κ1) is 16.3. The second-order valence-corrected chi connectivity index (χ2v) is 8.19. The molecule has 9 heteroatoms. The van der Waals surface area contributed by atoms with E-state index >= 15 is 0 Å². The summed E-state index contributed by atoms with van der Waals surface area (Å²) in [6.07, 6.45) is 4.40. The Hall–Kier alpha value is -1.61. The molecule has 2 N–H and O–H groups in total. The number of hydrogen-bond acceptors (Lipinski definition) is 4. The van der Waals surface area contributed by atoms with Crippen LogP contribution >= 0.6 is 0 Å². The van der Waals surface area contributed by atoms with Gasteiger partial charge in [-0.1, -0.05) is 0 Å². The Labute approximate surface area is 136 Å². The van der Waals surface area contributed by atoms with Gasteiger partial charge in [-0.2, -0.15) is 5.10 Å². The van der Waals surface area contributed by atoms with Crippen molar-refractivity contribution in [3.63, 3.8) is 0 Å². The summed E-state index contributed by atoms with van der Waals surface area (Å²) in [5.74, 6) is 0.509. The first-order chi connectivity index (χ1) is 11.1. The largest absolute Gasteiger partial charge is 0.337 e. The quantitative estimate of drug-likeness (QED) is 0.825. The molecule has 2 saturated heterocycles. The monoisotopic (exact) mass is 341 g/mol. The number of amides is 2. The van der Waals surface area contributed by atoms with Crippen LogP contribution < -0.4 is 5.32 Å². The van der Waals surface area contributed by atoms with Crippen LogP contribution in [0.4, 0.5) is 4.79 Å². The fourth-order valence-electron chi connectivity index (χ4n) is 3.25. The Balaban J connectivity index is 1.46. The number of piperidine rings is 1. The molecular weight excluding hydrogens is 318 g/mol. The number of hydrogen-bond donors (Lipinski definition) is 2. The topological polar surface area (TPSA) is 98.4 Å². The lowest BCUT2D eigenvalue weighted by Gasteiger charge is -2.32. The minimum absolute atomic E-state index is 0.120. The molecule has 0 radical (unpaired) electrons. The molecule has 2 amide bonds. The first-order valence-corrected chi connectivity index (χ1v) is 9.67. The van der Waals surface area contributed by atoms with Gasteiger partial charge in [0.15, 0.2) is 0 Å². The molecule has 0 saturated carbocycles. The molecule has 128 valence electrons. The molecule has 3 heterocycles. The average Bonchev–Trinajstić information content (AvgIpc) is 3.17. The SMILES string of the molecule is O=C(NCCN1CCCS1(=O)=O)N1CCCC(c2ccn[nH]2)C1. The van der Waals surface area contributed by atoms with Crippen molar-refractivity contribution in [3.05, 3.63) is 18.0 Å². The van der Waals surface area contributed by atoms with Gasteiger partial charge in [0, 0.05) is 50.5 Å². The van der Waals surface area contributed by atoms with E-state index in [-0.39, 0.29) is 17.7 Å². The maximum Gasteiger partial charge on any atom is 0.317 e. The van der Waals surface area contributed by atoms with Gasteiger partial charge in [0.25, 0.3) is 0 Å². The van der Waals surface area contributed by atoms with Crippen LogP contribution in [-0.4, -0.2) is 72.3 Å². The predicted molar refractivity (Wildman–Crippen MR) is 85.5 cm³/mol. The fraction of sp³-hybridized carbons (Fsp3) is 0.714. The van der Waals surface area contributed by atoms with Gasteiger partial charge >= 0.3 is 6.03 Å². The standard InChI is InChI=1S/C14H23N5O3S/c20-14(15-6-9-19-8-2-10-23(19,21)22)18-7-1-3-12(11-18)13-4-5-16-17-13/h4-5,12H,1-3,6-11H2,(H,15,20)(H,16,17). The van der Waals surface area contributed by atoms with E-state index in [1.807, 2.05) is 6.07 Å². The molecule has 1 aromatic rings. The summed E-state index contributed by atoms with van der Waals surface area (Å²) in [5.41, 5.74) is 1.06. The molecule has 3 rings (SSSR count). The van der Waals surface area contributed by atoms with E-state index < -0.39 is 10.0 Å². The number of urea groups is 1. The Bertz CT molecular complexity index is 631. The summed E-state index contributed by atoms with van der Waals surface area (Å²) in [4.78, 5) is 14.1. The van der Waals surface area contributed by atoms with E-state index in [2.05, 4.69) is 15.5 Å². The van der Waals surface area contributed by atoms with Gasteiger partial charge in [0.05, 0.1) is 5.75 Å². The molecular formula is C14H23N5O3S. The highest BCUT2D eigenvalue weighted by Gasteiger charge is 2.28. The van der Waals surface area contributed by atoms with Gasteiger partial charge in [-0.05, 0) is 25.3 Å². The van der Waals surface area contributed by atoms with Gasteiger partial charge in [-0.15, -0.1) is 0 Å². The molecule has 0 aliphatic carbocycles. The van der Waals surface area contributed by atoms with Gasteiger partial charge in [0.2, 0.25) is 10.0 Å². The van der Waals surface area contributed by atoms with E-state index in [1.54, 1.807) is 11.1 Å². The third-order valence-electron chi connectivity index (χ3n) is 4.51. The van der Waals surface area contributed by atoms with E-state index in [1.165, 1.54) is 4.31 Å². The lowest BCUT2D eigenvalue weighted by Crippen LogP contribution is -2.47. The van der Waals surface area contributed by atoms with Crippen LogP contribution in [0.3, 0.4) is 0 Å². The van der Waals surface area contributed by atoms with Crippen molar-refractivity contribution in [3.8, 4) is 0 Å². The molecule has 0 spiro atoms. The van der Waals surface area contributed by atoms with Crippen LogP contribution in [0.2, 0.25) is 0 Å². The molecule has 1 atom stereocenters. The maximum absolute atomic E-state index is 12.3. The number of carbonyl (C=O) groups is 1. The molecule has 0 bridgehead atoms. The van der Waals surface area contributed by atoms with Crippen LogP contribution in [-0.2, 0) is 10.0 Å². The molecule has 1 unspecified atom stereocenters.